The van der Waals surface area contributed by atoms with Crippen LogP contribution in [0.1, 0.15) is 23.5 Å². The molecule has 108 valence electrons. The molecular weight excluding hydrogens is 258 g/mol. The fraction of sp³-hybridized carbons (Fsp3) is 0.278. The zero-order valence-corrected chi connectivity index (χ0v) is 12.3. The van der Waals surface area contributed by atoms with Gasteiger partial charge in [0.05, 0.1) is 0 Å². The predicted molar refractivity (Wildman–Crippen MR) is 87.4 cm³/mol. The number of rotatable bonds is 4. The van der Waals surface area contributed by atoms with Crippen LogP contribution in [0.5, 0.6) is 0 Å². The summed E-state index contributed by atoms with van der Waals surface area (Å²) in [7, 11) is 1.82. The molecule has 2 unspecified atom stereocenters. The molecule has 1 aliphatic rings. The van der Waals surface area contributed by atoms with Crippen molar-refractivity contribution in [2.24, 2.45) is 4.99 Å². The number of benzene rings is 2. The molecular formula is C18H21N3. The van der Waals surface area contributed by atoms with E-state index in [4.69, 9.17) is 0 Å². The van der Waals surface area contributed by atoms with Crippen molar-refractivity contribution in [3.8, 4) is 0 Å². The monoisotopic (exact) mass is 279 g/mol. The van der Waals surface area contributed by atoms with E-state index in [0.717, 1.165) is 12.5 Å². The van der Waals surface area contributed by atoms with E-state index in [1.54, 1.807) is 0 Å². The molecule has 1 fully saturated rings. The number of hydrogen-bond acceptors (Lipinski definition) is 1. The third kappa shape index (κ3) is 3.63. The summed E-state index contributed by atoms with van der Waals surface area (Å²) in [4.78, 5) is 4.31. The Balaban J connectivity index is 1.50. The summed E-state index contributed by atoms with van der Waals surface area (Å²) in [6.07, 6.45) is 1.18. The molecule has 0 aliphatic heterocycles. The first-order valence-corrected chi connectivity index (χ1v) is 7.43. The Morgan fingerprint density at radius 3 is 2.38 bits per heavy atom. The van der Waals surface area contributed by atoms with Crippen molar-refractivity contribution in [1.29, 1.82) is 0 Å². The Labute approximate surface area is 126 Å². The molecule has 1 aliphatic carbocycles. The molecule has 2 N–H and O–H groups in total. The summed E-state index contributed by atoms with van der Waals surface area (Å²) < 4.78 is 0. The van der Waals surface area contributed by atoms with Gasteiger partial charge in [-0.1, -0.05) is 60.7 Å². The van der Waals surface area contributed by atoms with Gasteiger partial charge in [0.1, 0.15) is 0 Å². The molecule has 0 saturated heterocycles. The van der Waals surface area contributed by atoms with Gasteiger partial charge in [-0.15, -0.1) is 0 Å². The SMILES string of the molecule is CN=C(NCc1ccccc1)NC1CC1c1ccccc1. The van der Waals surface area contributed by atoms with Crippen LogP contribution in [0.2, 0.25) is 0 Å². The van der Waals surface area contributed by atoms with E-state index < -0.39 is 0 Å². The van der Waals surface area contributed by atoms with Crippen LogP contribution >= 0.6 is 0 Å². The number of guanidine groups is 1. The Hall–Kier alpha value is -2.29. The molecule has 3 rings (SSSR count). The van der Waals surface area contributed by atoms with Crippen molar-refractivity contribution < 1.29 is 0 Å². The molecule has 0 spiro atoms. The lowest BCUT2D eigenvalue weighted by Crippen LogP contribution is -2.38. The summed E-state index contributed by atoms with van der Waals surface area (Å²) in [6, 6.07) is 21.5. The van der Waals surface area contributed by atoms with Crippen LogP contribution in [0, 0.1) is 0 Å². The van der Waals surface area contributed by atoms with E-state index in [1.165, 1.54) is 17.5 Å². The van der Waals surface area contributed by atoms with Crippen LogP contribution in [0.15, 0.2) is 65.7 Å². The third-order valence-electron chi connectivity index (χ3n) is 3.87. The predicted octanol–water partition coefficient (Wildman–Crippen LogP) is 2.91. The minimum absolute atomic E-state index is 0.495. The Morgan fingerprint density at radius 1 is 1.05 bits per heavy atom. The maximum absolute atomic E-state index is 4.31. The van der Waals surface area contributed by atoms with E-state index >= 15 is 0 Å². The van der Waals surface area contributed by atoms with Gasteiger partial charge in [0.25, 0.3) is 0 Å². The van der Waals surface area contributed by atoms with E-state index in [0.29, 0.717) is 12.0 Å². The second kappa shape index (κ2) is 6.44. The first kappa shape index (κ1) is 13.7. The molecule has 0 heterocycles. The molecule has 0 amide bonds. The minimum Gasteiger partial charge on any atom is -0.353 e. The van der Waals surface area contributed by atoms with Crippen molar-refractivity contribution in [2.75, 3.05) is 7.05 Å². The largest absolute Gasteiger partial charge is 0.353 e. The quantitative estimate of drug-likeness (QED) is 0.667. The standard InChI is InChI=1S/C18H21N3/c1-19-18(20-13-14-8-4-2-5-9-14)21-17-12-16(17)15-10-6-3-7-11-15/h2-11,16-17H,12-13H2,1H3,(H2,19,20,21). The van der Waals surface area contributed by atoms with Gasteiger partial charge in [0.15, 0.2) is 5.96 Å². The van der Waals surface area contributed by atoms with Gasteiger partial charge in [0, 0.05) is 25.6 Å². The average molecular weight is 279 g/mol. The van der Waals surface area contributed by atoms with E-state index in [9.17, 15) is 0 Å². The fourth-order valence-corrected chi connectivity index (χ4v) is 2.58. The molecule has 0 bridgehead atoms. The number of aliphatic imine (C=N–C) groups is 1. The highest BCUT2D eigenvalue weighted by Crippen LogP contribution is 2.40. The lowest BCUT2D eigenvalue weighted by Gasteiger charge is -2.12. The van der Waals surface area contributed by atoms with E-state index in [2.05, 4.69) is 70.2 Å². The highest BCUT2D eigenvalue weighted by atomic mass is 15.2. The molecule has 0 radical (unpaired) electrons. The lowest BCUT2D eigenvalue weighted by molar-refractivity contribution is 0.790. The van der Waals surface area contributed by atoms with Crippen LogP contribution in [0.25, 0.3) is 0 Å². The van der Waals surface area contributed by atoms with Gasteiger partial charge >= 0.3 is 0 Å². The maximum atomic E-state index is 4.31. The van der Waals surface area contributed by atoms with Gasteiger partial charge in [-0.25, -0.2) is 0 Å². The Kier molecular flexibility index (Phi) is 4.20. The summed E-state index contributed by atoms with van der Waals surface area (Å²) in [5.74, 6) is 1.49. The molecule has 21 heavy (non-hydrogen) atoms. The molecule has 2 aromatic rings. The van der Waals surface area contributed by atoms with Crippen molar-refractivity contribution in [2.45, 2.75) is 24.9 Å². The summed E-state index contributed by atoms with van der Waals surface area (Å²) in [5, 5.41) is 6.87. The van der Waals surface area contributed by atoms with Crippen molar-refractivity contribution in [3.63, 3.8) is 0 Å². The van der Waals surface area contributed by atoms with Crippen LogP contribution in [-0.4, -0.2) is 19.0 Å². The zero-order chi connectivity index (χ0) is 14.5. The first-order chi connectivity index (χ1) is 10.4. The Morgan fingerprint density at radius 2 is 1.71 bits per heavy atom. The van der Waals surface area contributed by atoms with Crippen LogP contribution in [-0.2, 0) is 6.54 Å². The van der Waals surface area contributed by atoms with Gasteiger partial charge in [-0.05, 0) is 17.5 Å². The molecule has 3 nitrogen and oxygen atoms in total. The number of nitrogens with zero attached hydrogens (tertiary/aromatic N) is 1. The van der Waals surface area contributed by atoms with Gasteiger partial charge < -0.3 is 10.6 Å². The minimum atomic E-state index is 0.495. The van der Waals surface area contributed by atoms with Gasteiger partial charge in [-0.3, -0.25) is 4.99 Å². The average Bonchev–Trinajstić information content (AvgIpc) is 3.32. The fourth-order valence-electron chi connectivity index (χ4n) is 2.58. The maximum Gasteiger partial charge on any atom is 0.191 e. The second-order valence-corrected chi connectivity index (χ2v) is 5.42. The van der Waals surface area contributed by atoms with Crippen molar-refractivity contribution in [3.05, 3.63) is 71.8 Å². The highest BCUT2D eigenvalue weighted by Gasteiger charge is 2.38. The molecule has 2 atom stereocenters. The topological polar surface area (TPSA) is 36.4 Å². The number of hydrogen-bond donors (Lipinski definition) is 2. The van der Waals surface area contributed by atoms with Crippen LogP contribution in [0.4, 0.5) is 0 Å². The molecule has 3 heteroatoms. The molecule has 0 aromatic heterocycles. The smallest absolute Gasteiger partial charge is 0.191 e. The van der Waals surface area contributed by atoms with Crippen molar-refractivity contribution >= 4 is 5.96 Å². The van der Waals surface area contributed by atoms with E-state index in [1.807, 2.05) is 13.1 Å². The van der Waals surface area contributed by atoms with Crippen molar-refractivity contribution in [1.82, 2.24) is 10.6 Å². The normalized spacial score (nSPS) is 20.9. The zero-order valence-electron chi connectivity index (χ0n) is 12.3. The Bertz CT molecular complexity index is 592. The third-order valence-corrected chi connectivity index (χ3v) is 3.87. The number of nitrogens with one attached hydrogen (secondary N) is 2. The summed E-state index contributed by atoms with van der Waals surface area (Å²) in [5.41, 5.74) is 2.67. The van der Waals surface area contributed by atoms with Crippen LogP contribution < -0.4 is 10.6 Å². The summed E-state index contributed by atoms with van der Waals surface area (Å²) >= 11 is 0. The van der Waals surface area contributed by atoms with E-state index in [-0.39, 0.29) is 0 Å². The summed E-state index contributed by atoms with van der Waals surface area (Å²) in [6.45, 7) is 0.795. The first-order valence-electron chi connectivity index (χ1n) is 7.43. The highest BCUT2D eigenvalue weighted by molar-refractivity contribution is 5.80. The van der Waals surface area contributed by atoms with Gasteiger partial charge in [-0.2, -0.15) is 0 Å². The molecule has 1 saturated carbocycles. The van der Waals surface area contributed by atoms with Crippen LogP contribution in [0.3, 0.4) is 0 Å². The van der Waals surface area contributed by atoms with Gasteiger partial charge in [0.2, 0.25) is 0 Å². The second-order valence-electron chi connectivity index (χ2n) is 5.42. The lowest BCUT2D eigenvalue weighted by atomic mass is 10.1. The molecule has 2 aromatic carbocycles.